The van der Waals surface area contributed by atoms with Gasteiger partial charge in [0.05, 0.1) is 62.0 Å². The molecule has 8 rings (SSSR count). The number of halogens is 3. The molecule has 2 bridgehead atoms. The summed E-state index contributed by atoms with van der Waals surface area (Å²) in [5, 5.41) is 11.7. The number of ether oxygens (including phenoxy) is 3. The van der Waals surface area contributed by atoms with Crippen molar-refractivity contribution in [2.75, 3.05) is 32.0 Å². The molecule has 3 saturated carbocycles. The number of hydrogen-bond acceptors (Lipinski definition) is 10. The van der Waals surface area contributed by atoms with Crippen LogP contribution in [0.4, 0.5) is 29.3 Å². The summed E-state index contributed by atoms with van der Waals surface area (Å²) in [7, 11) is 3.63. The Bertz CT molecular complexity index is 2130. The third-order valence-electron chi connectivity index (χ3n) is 12.8. The Morgan fingerprint density at radius 2 is 1.76 bits per heavy atom. The summed E-state index contributed by atoms with van der Waals surface area (Å²) in [4.78, 5) is 47.0. The second-order valence-corrected chi connectivity index (χ2v) is 16.6. The van der Waals surface area contributed by atoms with E-state index < -0.39 is 59.5 Å². The number of alkyl halides is 3. The van der Waals surface area contributed by atoms with Crippen molar-refractivity contribution in [2.24, 2.45) is 17.3 Å². The molecule has 3 amide bonds. The minimum absolute atomic E-state index is 0.0433. The summed E-state index contributed by atoms with van der Waals surface area (Å²) in [5.74, 6) is 0.812. The van der Waals surface area contributed by atoms with Crippen LogP contribution in [0.2, 0.25) is 0 Å². The molecule has 3 aromatic rings. The topological polar surface area (TPSA) is 163 Å². The Kier molecular flexibility index (Phi) is 10.7. The maximum atomic E-state index is 14.4. The number of hydrogen-bond donors (Lipinski definition) is 4. The fourth-order valence-electron chi connectivity index (χ4n) is 9.51. The van der Waals surface area contributed by atoms with Gasteiger partial charge in [-0.1, -0.05) is 32.9 Å². The third-order valence-corrected chi connectivity index (χ3v) is 12.8. The molecule has 1 aromatic heterocycles. The molecule has 5 aliphatic rings. The van der Waals surface area contributed by atoms with Crippen LogP contribution in [0.25, 0.3) is 0 Å². The van der Waals surface area contributed by atoms with E-state index in [4.69, 9.17) is 23.5 Å². The molecule has 58 heavy (non-hydrogen) atoms. The smallest absolute Gasteiger partial charge is 0.481 e. The van der Waals surface area contributed by atoms with Gasteiger partial charge in [-0.3, -0.25) is 14.2 Å². The Hall–Kier alpha value is -4.97. The zero-order valence-electron chi connectivity index (χ0n) is 33.8. The van der Waals surface area contributed by atoms with Crippen molar-refractivity contribution in [3.8, 4) is 17.2 Å². The van der Waals surface area contributed by atoms with Gasteiger partial charge in [-0.05, 0) is 68.1 Å². The zero-order chi connectivity index (χ0) is 41.9. The number of methoxy groups -OCH3 is 3. The summed E-state index contributed by atoms with van der Waals surface area (Å²) in [6.07, 6.45) is -1.06. The van der Waals surface area contributed by atoms with E-state index in [1.807, 2.05) is 6.92 Å². The van der Waals surface area contributed by atoms with Crippen LogP contribution in [0.3, 0.4) is 0 Å². The fraction of sp³-hybridized carbons (Fsp3) is 0.550. The molecule has 0 spiro atoms. The molecule has 0 unspecified atom stereocenters. The molecule has 14 nitrogen and oxygen atoms in total. The van der Waals surface area contributed by atoms with Crippen molar-refractivity contribution in [1.82, 2.24) is 20.2 Å². The van der Waals surface area contributed by atoms with E-state index in [0.717, 1.165) is 25.0 Å². The molecule has 3 aliphatic carbocycles. The van der Waals surface area contributed by atoms with Crippen LogP contribution in [-0.4, -0.2) is 67.6 Å². The lowest BCUT2D eigenvalue weighted by atomic mass is 9.43. The van der Waals surface area contributed by atoms with Crippen LogP contribution in [0.15, 0.2) is 47.4 Å². The number of aromatic nitrogens is 2. The molecule has 4 N–H and O–H groups in total. The third kappa shape index (κ3) is 7.11. The first-order valence-corrected chi connectivity index (χ1v) is 19.4. The Balaban J connectivity index is 1.16. The van der Waals surface area contributed by atoms with Crippen molar-refractivity contribution in [3.63, 3.8) is 0 Å². The van der Waals surface area contributed by atoms with Gasteiger partial charge in [0.1, 0.15) is 17.6 Å². The van der Waals surface area contributed by atoms with Gasteiger partial charge in [0.15, 0.2) is 11.5 Å². The zero-order valence-corrected chi connectivity index (χ0v) is 33.8. The van der Waals surface area contributed by atoms with Crippen LogP contribution >= 0.6 is 0 Å². The summed E-state index contributed by atoms with van der Waals surface area (Å²) in [6.45, 7) is 10.1. The lowest BCUT2D eigenvalue weighted by molar-refractivity contribution is -0.199. The normalized spacial score (nSPS) is 27.1. The maximum Gasteiger partial charge on any atom is 0.481 e. The van der Waals surface area contributed by atoms with E-state index in [1.165, 1.54) is 44.2 Å². The molecule has 4 fully saturated rings. The molecule has 18 heteroatoms. The Morgan fingerprint density at radius 3 is 2.38 bits per heavy atom. The van der Waals surface area contributed by atoms with Gasteiger partial charge < -0.3 is 44.8 Å². The summed E-state index contributed by atoms with van der Waals surface area (Å²) >= 11 is 0. The van der Waals surface area contributed by atoms with Crippen LogP contribution in [-0.2, 0) is 32.4 Å². The lowest BCUT2D eigenvalue weighted by Gasteiger charge is -2.64. The highest BCUT2D eigenvalue weighted by atomic mass is 19.4. The molecular formula is C40H50BF3N6O8. The quantitative estimate of drug-likeness (QED) is 0.159. The van der Waals surface area contributed by atoms with E-state index in [1.54, 1.807) is 19.1 Å². The lowest BCUT2D eigenvalue weighted by Crippen LogP contribution is -2.65. The first-order chi connectivity index (χ1) is 27.4. The van der Waals surface area contributed by atoms with Gasteiger partial charge in [0.25, 0.3) is 5.56 Å². The number of benzene rings is 2. The van der Waals surface area contributed by atoms with Crippen LogP contribution < -0.4 is 41.0 Å². The van der Waals surface area contributed by atoms with Gasteiger partial charge in [-0.2, -0.15) is 13.2 Å². The van der Waals surface area contributed by atoms with Crippen LogP contribution in [0.1, 0.15) is 83.3 Å². The second-order valence-electron chi connectivity index (χ2n) is 16.6. The number of rotatable bonds is 12. The number of carbonyl (C=O) groups is 2. The maximum absolute atomic E-state index is 14.4. The predicted molar refractivity (Wildman–Crippen MR) is 209 cm³/mol. The molecule has 312 valence electrons. The van der Waals surface area contributed by atoms with Gasteiger partial charge in [-0.25, -0.2) is 9.78 Å². The standard InChI is InChI=1S/C40H50BF3N6O8/c1-9-31(41-57-30-15-23-14-29(37(23,2)3)39(30,5)58-41)48-33(51)26-18-38(4,49-36(53)47-24-16-27(54-6)32(56-8)28(17-24)55-7)35-46-20-25(34(52)50(26)35)45-19-21-11-10-12-22(13-21)40(42,43)44/h10-13,16-17,20,23,26,29-31,45H,9,14-15,18-19H2,1-8H3,(H,48,51)(H2,47,49,53)/t23-,26-,29-,30+,31-,38+,39-/m0/s1. The first kappa shape index (κ1) is 41.2. The average Bonchev–Trinajstić information content (AvgIpc) is 3.69. The molecule has 1 saturated heterocycles. The first-order valence-electron chi connectivity index (χ1n) is 19.4. The number of nitrogens with one attached hydrogen (secondary N) is 4. The highest BCUT2D eigenvalue weighted by Crippen LogP contribution is 2.65. The number of fused-ring (bicyclic) bond motifs is 1. The highest BCUT2D eigenvalue weighted by molar-refractivity contribution is 6.47. The number of anilines is 2. The second kappa shape index (κ2) is 15.0. The summed E-state index contributed by atoms with van der Waals surface area (Å²) in [6, 6.07) is 6.01. The SMILES string of the molecule is CC[C@H](NC(=O)[C@@H]1C[C@@](C)(NC(=O)Nc2cc(OC)c(OC)c(OC)c2)c2ncc(NCc3cccc(C(F)(F)F)c3)c(=O)n21)B1O[C@@H]2C[C@@H]3C[C@@H](C3(C)C)[C@]2(C)O1. The Labute approximate surface area is 335 Å². The molecular weight excluding hydrogens is 760 g/mol. The molecule has 3 heterocycles. The van der Waals surface area contributed by atoms with Crippen molar-refractivity contribution in [2.45, 2.75) is 102 Å². The van der Waals surface area contributed by atoms with Crippen LogP contribution in [0.5, 0.6) is 17.2 Å². The van der Waals surface area contributed by atoms with E-state index >= 15 is 0 Å². The van der Waals surface area contributed by atoms with Crippen LogP contribution in [0, 0.1) is 17.3 Å². The van der Waals surface area contributed by atoms with Crippen molar-refractivity contribution >= 4 is 30.4 Å². The summed E-state index contributed by atoms with van der Waals surface area (Å²) in [5.41, 5.74) is -2.67. The van der Waals surface area contributed by atoms with Crippen molar-refractivity contribution in [1.29, 1.82) is 0 Å². The molecule has 2 aromatic carbocycles. The minimum Gasteiger partial charge on any atom is -0.493 e. The molecule has 7 atom stereocenters. The van der Waals surface area contributed by atoms with Crippen molar-refractivity contribution < 1.29 is 46.3 Å². The van der Waals surface area contributed by atoms with Gasteiger partial charge in [0.2, 0.25) is 11.7 Å². The fourth-order valence-corrected chi connectivity index (χ4v) is 9.51. The van der Waals surface area contributed by atoms with E-state index in [2.05, 4.69) is 47.0 Å². The van der Waals surface area contributed by atoms with Gasteiger partial charge >= 0.3 is 19.3 Å². The minimum atomic E-state index is -4.54. The number of amides is 3. The largest absolute Gasteiger partial charge is 0.493 e. The highest BCUT2D eigenvalue weighted by Gasteiger charge is 2.68. The number of urea groups is 1. The van der Waals surface area contributed by atoms with Gasteiger partial charge in [-0.15, -0.1) is 0 Å². The molecule has 0 radical (unpaired) electrons. The van der Waals surface area contributed by atoms with E-state index in [9.17, 15) is 27.6 Å². The Morgan fingerprint density at radius 1 is 1.05 bits per heavy atom. The monoisotopic (exact) mass is 810 g/mol. The van der Waals surface area contributed by atoms with E-state index in [-0.39, 0.29) is 41.6 Å². The predicted octanol–water partition coefficient (Wildman–Crippen LogP) is 6.04. The number of carbonyl (C=O) groups excluding carboxylic acids is 2. The van der Waals surface area contributed by atoms with E-state index in [0.29, 0.717) is 41.2 Å². The van der Waals surface area contributed by atoms with Crippen molar-refractivity contribution in [3.05, 3.63) is 69.9 Å². The number of nitrogens with zero attached hydrogens (tertiary/aromatic N) is 2. The average molecular weight is 811 g/mol. The summed E-state index contributed by atoms with van der Waals surface area (Å²) < 4.78 is 70.9. The van der Waals surface area contributed by atoms with Gasteiger partial charge in [0, 0.05) is 25.1 Å². The molecule has 2 aliphatic heterocycles.